The molecule has 3 aromatic rings. The van der Waals surface area contributed by atoms with Crippen LogP contribution in [0.1, 0.15) is 16.9 Å². The van der Waals surface area contributed by atoms with Crippen molar-refractivity contribution in [3.63, 3.8) is 0 Å². The molecule has 0 unspecified atom stereocenters. The maximum Gasteiger partial charge on any atom is 0.267 e. The second-order valence-corrected chi connectivity index (χ2v) is 9.95. The van der Waals surface area contributed by atoms with E-state index in [1.165, 1.54) is 23.4 Å². The maximum absolute atomic E-state index is 13.1. The zero-order valence-corrected chi connectivity index (χ0v) is 21.3. The zero-order chi connectivity index (χ0) is 23.5. The van der Waals surface area contributed by atoms with E-state index in [1.807, 2.05) is 0 Å². The van der Waals surface area contributed by atoms with Crippen molar-refractivity contribution in [2.75, 3.05) is 0 Å². The van der Waals surface area contributed by atoms with Crippen LogP contribution in [0.25, 0.3) is 6.08 Å². The molecule has 2 heterocycles. The molecule has 0 spiro atoms. The number of benzene rings is 2. The van der Waals surface area contributed by atoms with Gasteiger partial charge in [-0.1, -0.05) is 27.5 Å². The molecule has 7 nitrogen and oxygen atoms in total. The second kappa shape index (κ2) is 10.2. The Morgan fingerprint density at radius 2 is 1.97 bits per heavy atom. The first-order valence-corrected chi connectivity index (χ1v) is 12.1. The quantitative estimate of drug-likeness (QED) is 0.198. The highest BCUT2D eigenvalue weighted by atomic mass is 79.9. The van der Waals surface area contributed by atoms with Gasteiger partial charge < -0.3 is 14.6 Å². The van der Waals surface area contributed by atoms with Gasteiger partial charge in [-0.15, -0.1) is 5.10 Å². The van der Waals surface area contributed by atoms with Gasteiger partial charge in [0.05, 0.1) is 28.4 Å². The Labute approximate surface area is 214 Å². The fraction of sp³-hybridized carbons (Fsp3) is 0.0455. The minimum absolute atomic E-state index is 0.00278. The number of amides is 1. The number of halogens is 3. The average Bonchev–Trinajstić information content (AvgIpc) is 3.38. The molecule has 1 aliphatic rings. The lowest BCUT2D eigenvalue weighted by Crippen LogP contribution is -2.28. The van der Waals surface area contributed by atoms with Crippen molar-refractivity contribution < 1.29 is 19.4 Å². The van der Waals surface area contributed by atoms with E-state index in [0.29, 0.717) is 36.5 Å². The third-order valence-corrected chi connectivity index (χ3v) is 6.75. The largest absolute Gasteiger partial charge is 0.507 e. The fourth-order valence-corrected chi connectivity index (χ4v) is 5.25. The van der Waals surface area contributed by atoms with Gasteiger partial charge in [0, 0.05) is 20.6 Å². The maximum atomic E-state index is 13.1. The van der Waals surface area contributed by atoms with Gasteiger partial charge >= 0.3 is 0 Å². The lowest BCUT2D eigenvalue weighted by atomic mass is 10.2. The molecule has 2 aromatic carbocycles. The molecule has 1 aromatic heterocycles. The number of carbonyl (C=O) groups is 1. The van der Waals surface area contributed by atoms with Crippen molar-refractivity contribution in [3.8, 4) is 11.5 Å². The van der Waals surface area contributed by atoms with Crippen LogP contribution in [0.2, 0.25) is 5.02 Å². The number of rotatable bonds is 5. The summed E-state index contributed by atoms with van der Waals surface area (Å²) in [4.78, 5) is 14.9. The van der Waals surface area contributed by atoms with Crippen LogP contribution in [0.3, 0.4) is 0 Å². The number of hydrogen-bond donors (Lipinski definition) is 2. The Bertz CT molecular complexity index is 1310. The van der Waals surface area contributed by atoms with E-state index in [4.69, 9.17) is 16.0 Å². The predicted octanol–water partition coefficient (Wildman–Crippen LogP) is 6.38. The summed E-state index contributed by atoms with van der Waals surface area (Å²) in [6, 6.07) is 11.5. The number of thioether (sulfide) groups is 1. The fourth-order valence-electron chi connectivity index (χ4n) is 2.89. The van der Waals surface area contributed by atoms with Gasteiger partial charge in [-0.25, -0.2) is 0 Å². The number of phenols is 2. The molecular formula is C22H14Br2ClN3O4S. The van der Waals surface area contributed by atoms with Crippen LogP contribution in [0, 0.1) is 0 Å². The van der Waals surface area contributed by atoms with E-state index in [2.05, 4.69) is 42.1 Å². The SMILES string of the molecule is O=C1/C(=C/c2cc(Cl)ccc2O)S/C(=N/N=C\c2cc(Br)cc(Br)c2O)N1Cc1ccco1. The standard InChI is InChI=1S/C22H14Br2ClN3O4S/c23-14-6-13(20(30)17(24)9-14)10-26-27-22-28(11-16-2-1-5-32-16)21(31)19(33-22)8-12-7-15(25)3-4-18(12)29/h1-10,29-30H,11H2/b19-8-,26-10-,27-22+. The molecule has 0 atom stereocenters. The van der Waals surface area contributed by atoms with Gasteiger partial charge in [0.25, 0.3) is 5.91 Å². The average molecular weight is 612 g/mol. The topological polar surface area (TPSA) is 98.6 Å². The van der Waals surface area contributed by atoms with Gasteiger partial charge in [0.2, 0.25) is 0 Å². The van der Waals surface area contributed by atoms with Crippen molar-refractivity contribution in [3.05, 3.63) is 84.5 Å². The monoisotopic (exact) mass is 609 g/mol. The summed E-state index contributed by atoms with van der Waals surface area (Å²) in [5, 5.41) is 29.3. The lowest BCUT2D eigenvalue weighted by molar-refractivity contribution is -0.122. The first-order valence-electron chi connectivity index (χ1n) is 9.33. The first kappa shape index (κ1) is 23.6. The summed E-state index contributed by atoms with van der Waals surface area (Å²) in [7, 11) is 0. The van der Waals surface area contributed by atoms with Crippen molar-refractivity contribution in [2.24, 2.45) is 10.2 Å². The van der Waals surface area contributed by atoms with Crippen molar-refractivity contribution in [2.45, 2.75) is 6.54 Å². The highest BCUT2D eigenvalue weighted by molar-refractivity contribution is 9.11. The summed E-state index contributed by atoms with van der Waals surface area (Å²) >= 11 is 13.8. The van der Waals surface area contributed by atoms with Crippen LogP contribution in [0.5, 0.6) is 11.5 Å². The molecule has 2 N–H and O–H groups in total. The van der Waals surface area contributed by atoms with Crippen molar-refractivity contribution in [1.82, 2.24) is 4.90 Å². The number of nitrogens with zero attached hydrogens (tertiary/aromatic N) is 3. The molecule has 1 aliphatic heterocycles. The second-order valence-electron chi connectivity index (χ2n) is 6.74. The number of aromatic hydroxyl groups is 2. The molecule has 4 rings (SSSR count). The molecule has 0 radical (unpaired) electrons. The van der Waals surface area contributed by atoms with E-state index in [-0.39, 0.29) is 24.0 Å². The normalized spacial score (nSPS) is 16.6. The van der Waals surface area contributed by atoms with Crippen LogP contribution in [-0.2, 0) is 11.3 Å². The number of hydrogen-bond acceptors (Lipinski definition) is 7. The van der Waals surface area contributed by atoms with Crippen LogP contribution >= 0.6 is 55.2 Å². The smallest absolute Gasteiger partial charge is 0.267 e. The van der Waals surface area contributed by atoms with Crippen LogP contribution < -0.4 is 0 Å². The zero-order valence-electron chi connectivity index (χ0n) is 16.6. The molecule has 1 amide bonds. The van der Waals surface area contributed by atoms with E-state index >= 15 is 0 Å². The molecule has 11 heteroatoms. The molecule has 1 fully saturated rings. The molecule has 1 saturated heterocycles. The predicted molar refractivity (Wildman–Crippen MR) is 136 cm³/mol. The van der Waals surface area contributed by atoms with Gasteiger partial charge in [0.1, 0.15) is 17.3 Å². The van der Waals surface area contributed by atoms with E-state index < -0.39 is 0 Å². The van der Waals surface area contributed by atoms with E-state index in [0.717, 1.165) is 16.2 Å². The Kier molecular flexibility index (Phi) is 7.28. The lowest BCUT2D eigenvalue weighted by Gasteiger charge is -2.12. The van der Waals surface area contributed by atoms with Gasteiger partial charge in [-0.3, -0.25) is 9.69 Å². The number of carbonyl (C=O) groups excluding carboxylic acids is 1. The summed E-state index contributed by atoms with van der Waals surface area (Å²) < 4.78 is 6.63. The molecule has 0 aliphatic carbocycles. The van der Waals surface area contributed by atoms with Crippen molar-refractivity contribution in [1.29, 1.82) is 0 Å². The van der Waals surface area contributed by atoms with E-state index in [1.54, 1.807) is 42.5 Å². The molecule has 0 saturated carbocycles. The Morgan fingerprint density at radius 1 is 1.15 bits per heavy atom. The highest BCUT2D eigenvalue weighted by Crippen LogP contribution is 2.36. The minimum Gasteiger partial charge on any atom is -0.507 e. The third kappa shape index (κ3) is 5.52. The first-order chi connectivity index (χ1) is 15.8. The highest BCUT2D eigenvalue weighted by Gasteiger charge is 2.34. The van der Waals surface area contributed by atoms with Gasteiger partial charge in [-0.2, -0.15) is 5.10 Å². The number of amidine groups is 1. The molecule has 33 heavy (non-hydrogen) atoms. The summed E-state index contributed by atoms with van der Waals surface area (Å²) in [5.41, 5.74) is 0.845. The Morgan fingerprint density at radius 3 is 2.73 bits per heavy atom. The third-order valence-electron chi connectivity index (χ3n) is 4.46. The summed E-state index contributed by atoms with van der Waals surface area (Å²) in [6.07, 6.45) is 4.46. The van der Waals surface area contributed by atoms with Crippen LogP contribution in [0.15, 0.2) is 77.2 Å². The molecular weight excluding hydrogens is 598 g/mol. The number of furan rings is 1. The summed E-state index contributed by atoms with van der Waals surface area (Å²) in [6.45, 7) is 0.153. The minimum atomic E-state index is -0.322. The molecule has 0 bridgehead atoms. The Balaban J connectivity index is 1.67. The van der Waals surface area contributed by atoms with Gasteiger partial charge in [-0.05, 0) is 76.2 Å². The number of phenolic OH excluding ortho intramolecular Hbond substituents is 2. The summed E-state index contributed by atoms with van der Waals surface area (Å²) in [5.74, 6) is 0.262. The van der Waals surface area contributed by atoms with E-state index in [9.17, 15) is 15.0 Å². The molecule has 168 valence electrons. The van der Waals surface area contributed by atoms with Gasteiger partial charge in [0.15, 0.2) is 5.17 Å². The van der Waals surface area contributed by atoms with Crippen LogP contribution in [0.4, 0.5) is 0 Å². The Hall–Kier alpha value is -2.53. The van der Waals surface area contributed by atoms with Crippen LogP contribution in [-0.4, -0.2) is 32.4 Å². The van der Waals surface area contributed by atoms with Crippen molar-refractivity contribution >= 4 is 78.6 Å².